The second-order valence-electron chi connectivity index (χ2n) is 12.8. The molecule has 3 heteroatoms. The summed E-state index contributed by atoms with van der Waals surface area (Å²) in [6, 6.07) is 62.0. The van der Waals surface area contributed by atoms with Crippen molar-refractivity contribution in [3.05, 3.63) is 176 Å². The lowest BCUT2D eigenvalue weighted by Gasteiger charge is -2.16. The summed E-state index contributed by atoms with van der Waals surface area (Å²) in [6.45, 7) is 0. The number of rotatable bonds is 4. The molecule has 3 nitrogen and oxygen atoms in total. The SMILES string of the molecule is c1ccc(-c2nc(-c3cccc(-c4ccc(-c5nc6ccccc6c6c7ccccc7c7ccccc7c56)cc4)c3)c3ccccc3n2)cc1. The molecule has 0 atom stereocenters. The normalized spacial score (nSPS) is 11.6. The summed E-state index contributed by atoms with van der Waals surface area (Å²) in [5.41, 5.74) is 9.28. The molecule has 0 saturated heterocycles. The molecule has 0 fully saturated rings. The fourth-order valence-electron chi connectivity index (χ4n) is 7.51. The summed E-state index contributed by atoms with van der Waals surface area (Å²) in [4.78, 5) is 15.4. The van der Waals surface area contributed by atoms with Crippen LogP contribution < -0.4 is 0 Å². The number of hydrogen-bond acceptors (Lipinski definition) is 3. The van der Waals surface area contributed by atoms with E-state index in [1.807, 2.05) is 24.3 Å². The number of benzene rings is 8. The largest absolute Gasteiger partial charge is 0.247 e. The summed E-state index contributed by atoms with van der Waals surface area (Å²) < 4.78 is 0. The van der Waals surface area contributed by atoms with Crippen molar-refractivity contribution < 1.29 is 0 Å². The number of para-hydroxylation sites is 2. The molecule has 0 aliphatic rings. The average Bonchev–Trinajstić information content (AvgIpc) is 3.20. The van der Waals surface area contributed by atoms with Gasteiger partial charge in [-0.1, -0.05) is 158 Å². The number of nitrogens with zero attached hydrogens (tertiary/aromatic N) is 3. The molecule has 0 spiro atoms. The monoisotopic (exact) mass is 635 g/mol. The molecule has 10 aromatic rings. The Balaban J connectivity index is 1.13. The lowest BCUT2D eigenvalue weighted by Crippen LogP contribution is -1.95. The summed E-state index contributed by atoms with van der Waals surface area (Å²) in [5, 5.41) is 9.64. The second kappa shape index (κ2) is 11.5. The zero-order chi connectivity index (χ0) is 33.0. The van der Waals surface area contributed by atoms with Gasteiger partial charge >= 0.3 is 0 Å². The van der Waals surface area contributed by atoms with Crippen LogP contribution in [0, 0.1) is 0 Å². The summed E-state index contributed by atoms with van der Waals surface area (Å²) >= 11 is 0. The molecule has 50 heavy (non-hydrogen) atoms. The minimum absolute atomic E-state index is 0.726. The molecule has 2 aromatic heterocycles. The molecule has 0 aliphatic carbocycles. The van der Waals surface area contributed by atoms with Gasteiger partial charge in [-0.25, -0.2) is 15.0 Å². The molecule has 2 heterocycles. The van der Waals surface area contributed by atoms with Crippen LogP contribution in [-0.4, -0.2) is 15.0 Å². The molecule has 0 saturated carbocycles. The van der Waals surface area contributed by atoms with Crippen LogP contribution in [0.4, 0.5) is 0 Å². The highest BCUT2D eigenvalue weighted by atomic mass is 14.9. The van der Waals surface area contributed by atoms with Crippen LogP contribution in [0.1, 0.15) is 0 Å². The van der Waals surface area contributed by atoms with Gasteiger partial charge in [0.1, 0.15) is 0 Å². The van der Waals surface area contributed by atoms with Crippen molar-refractivity contribution in [3.8, 4) is 45.0 Å². The fraction of sp³-hybridized carbons (Fsp3) is 0. The van der Waals surface area contributed by atoms with E-state index in [1.54, 1.807) is 0 Å². The number of fused-ring (bicyclic) bond motifs is 9. The van der Waals surface area contributed by atoms with Gasteiger partial charge in [0.2, 0.25) is 0 Å². The van der Waals surface area contributed by atoms with Crippen molar-refractivity contribution >= 4 is 54.1 Å². The highest BCUT2D eigenvalue weighted by Crippen LogP contribution is 2.43. The predicted octanol–water partition coefficient (Wildman–Crippen LogP) is 12.3. The van der Waals surface area contributed by atoms with Crippen LogP contribution in [0.3, 0.4) is 0 Å². The van der Waals surface area contributed by atoms with Gasteiger partial charge in [-0.2, -0.15) is 0 Å². The fourth-order valence-corrected chi connectivity index (χ4v) is 7.51. The van der Waals surface area contributed by atoms with Crippen molar-refractivity contribution in [1.82, 2.24) is 15.0 Å². The smallest absolute Gasteiger partial charge is 0.160 e. The zero-order valence-electron chi connectivity index (χ0n) is 27.1. The summed E-state index contributed by atoms with van der Waals surface area (Å²) in [7, 11) is 0. The first-order valence-electron chi connectivity index (χ1n) is 17.0. The number of hydrogen-bond donors (Lipinski definition) is 0. The standard InChI is InChI=1S/C47H29N3/c1-2-13-32(14-3-1)47-49-42-24-11-9-22-40(42)45(50-47)34-16-12-15-33(29-34)30-25-27-31(28-26-30)46-44-38-20-7-5-18-36(38)35-17-4-6-19-37(35)43(44)39-21-8-10-23-41(39)48-46/h1-29H. The van der Waals surface area contributed by atoms with E-state index < -0.39 is 0 Å². The topological polar surface area (TPSA) is 38.7 Å². The van der Waals surface area contributed by atoms with Gasteiger partial charge in [-0.3, -0.25) is 0 Å². The van der Waals surface area contributed by atoms with E-state index in [2.05, 4.69) is 152 Å². The number of aromatic nitrogens is 3. The molecule has 232 valence electrons. The van der Waals surface area contributed by atoms with Crippen molar-refractivity contribution in [2.24, 2.45) is 0 Å². The van der Waals surface area contributed by atoms with E-state index in [0.717, 1.165) is 61.4 Å². The molecular weight excluding hydrogens is 607 g/mol. The van der Waals surface area contributed by atoms with Gasteiger partial charge < -0.3 is 0 Å². The van der Waals surface area contributed by atoms with Crippen LogP contribution >= 0.6 is 0 Å². The third-order valence-corrected chi connectivity index (χ3v) is 9.84. The Bertz CT molecular complexity index is 2910. The molecule has 0 unspecified atom stereocenters. The molecule has 0 N–H and O–H groups in total. The molecule has 8 aromatic carbocycles. The van der Waals surface area contributed by atoms with E-state index in [9.17, 15) is 0 Å². The first kappa shape index (κ1) is 28.3. The Morgan fingerprint density at radius 1 is 0.260 bits per heavy atom. The van der Waals surface area contributed by atoms with Crippen molar-refractivity contribution in [2.75, 3.05) is 0 Å². The van der Waals surface area contributed by atoms with Crippen LogP contribution in [0.2, 0.25) is 0 Å². The lowest BCUT2D eigenvalue weighted by molar-refractivity contribution is 1.23. The molecular formula is C47H29N3. The lowest BCUT2D eigenvalue weighted by atomic mass is 9.89. The van der Waals surface area contributed by atoms with Crippen molar-refractivity contribution in [2.45, 2.75) is 0 Å². The minimum Gasteiger partial charge on any atom is -0.247 e. The van der Waals surface area contributed by atoms with E-state index in [0.29, 0.717) is 0 Å². The Hall–Kier alpha value is -6.71. The quantitative estimate of drug-likeness (QED) is 0.181. The van der Waals surface area contributed by atoms with Crippen LogP contribution in [0.25, 0.3) is 99.2 Å². The third-order valence-electron chi connectivity index (χ3n) is 9.84. The Kier molecular flexibility index (Phi) is 6.49. The summed E-state index contributed by atoms with van der Waals surface area (Å²) in [5.74, 6) is 0.726. The van der Waals surface area contributed by atoms with E-state index in [4.69, 9.17) is 15.0 Å². The van der Waals surface area contributed by atoms with Crippen LogP contribution in [0.15, 0.2) is 176 Å². The highest BCUT2D eigenvalue weighted by molar-refractivity contribution is 6.33. The Morgan fingerprint density at radius 2 is 0.780 bits per heavy atom. The predicted molar refractivity (Wildman–Crippen MR) is 209 cm³/mol. The minimum atomic E-state index is 0.726. The second-order valence-corrected chi connectivity index (χ2v) is 12.8. The van der Waals surface area contributed by atoms with Gasteiger partial charge in [0.15, 0.2) is 5.82 Å². The molecule has 0 radical (unpaired) electrons. The molecule has 0 aliphatic heterocycles. The van der Waals surface area contributed by atoms with Crippen molar-refractivity contribution in [1.29, 1.82) is 0 Å². The van der Waals surface area contributed by atoms with Crippen LogP contribution in [-0.2, 0) is 0 Å². The first-order chi connectivity index (χ1) is 24.8. The Labute approximate surface area is 289 Å². The van der Waals surface area contributed by atoms with E-state index in [-0.39, 0.29) is 0 Å². The molecule has 10 rings (SSSR count). The van der Waals surface area contributed by atoms with Gasteiger partial charge in [0, 0.05) is 38.2 Å². The van der Waals surface area contributed by atoms with Crippen LogP contribution in [0.5, 0.6) is 0 Å². The maximum atomic E-state index is 5.33. The van der Waals surface area contributed by atoms with E-state index >= 15 is 0 Å². The van der Waals surface area contributed by atoms with Gasteiger partial charge in [-0.05, 0) is 50.9 Å². The molecule has 0 bridgehead atoms. The third kappa shape index (κ3) is 4.56. The highest BCUT2D eigenvalue weighted by Gasteiger charge is 2.18. The maximum absolute atomic E-state index is 5.33. The summed E-state index contributed by atoms with van der Waals surface area (Å²) in [6.07, 6.45) is 0. The van der Waals surface area contributed by atoms with Gasteiger partial charge in [-0.15, -0.1) is 0 Å². The average molecular weight is 636 g/mol. The van der Waals surface area contributed by atoms with Gasteiger partial charge in [0.25, 0.3) is 0 Å². The van der Waals surface area contributed by atoms with Crippen molar-refractivity contribution in [3.63, 3.8) is 0 Å². The first-order valence-corrected chi connectivity index (χ1v) is 17.0. The molecule has 0 amide bonds. The number of pyridine rings is 1. The Morgan fingerprint density at radius 3 is 1.50 bits per heavy atom. The van der Waals surface area contributed by atoms with E-state index in [1.165, 1.54) is 37.7 Å². The maximum Gasteiger partial charge on any atom is 0.160 e. The van der Waals surface area contributed by atoms with Gasteiger partial charge in [0.05, 0.1) is 22.4 Å². The zero-order valence-corrected chi connectivity index (χ0v) is 27.1.